The molecule has 2 aromatic rings. The number of rotatable bonds is 4. The van der Waals surface area contributed by atoms with E-state index in [0.717, 1.165) is 11.1 Å². The molecule has 2 aromatic carbocycles. The fourth-order valence-electron chi connectivity index (χ4n) is 2.15. The van der Waals surface area contributed by atoms with Crippen molar-refractivity contribution >= 4 is 35.0 Å². The molecule has 1 amide bonds. The summed E-state index contributed by atoms with van der Waals surface area (Å²) in [6.45, 7) is 3.78. The maximum absolute atomic E-state index is 12.0. The highest BCUT2D eigenvalue weighted by molar-refractivity contribution is 6.34. The summed E-state index contributed by atoms with van der Waals surface area (Å²) in [7, 11) is 0. The molecule has 0 aliphatic rings. The third-order valence-electron chi connectivity index (χ3n) is 3.19. The van der Waals surface area contributed by atoms with Gasteiger partial charge in [0.05, 0.1) is 15.6 Å². The van der Waals surface area contributed by atoms with Crippen molar-refractivity contribution in [1.82, 2.24) is 0 Å². The number of nitrogens with one attached hydrogen (secondary N) is 1. The van der Waals surface area contributed by atoms with Crippen LogP contribution >= 0.6 is 11.6 Å². The van der Waals surface area contributed by atoms with E-state index in [0.29, 0.717) is 16.3 Å². The summed E-state index contributed by atoms with van der Waals surface area (Å²) in [5.74, 6) is -0.356. The second-order valence-corrected chi connectivity index (χ2v) is 5.52. The average Bonchev–Trinajstić information content (AvgIpc) is 2.49. The number of carbonyl (C=O) groups is 1. The van der Waals surface area contributed by atoms with Crippen LogP contribution in [-0.2, 0) is 4.79 Å². The lowest BCUT2D eigenvalue weighted by atomic mass is 10.1. The molecule has 0 radical (unpaired) electrons. The van der Waals surface area contributed by atoms with Gasteiger partial charge in [0.25, 0.3) is 5.69 Å². The van der Waals surface area contributed by atoms with Gasteiger partial charge in [-0.25, -0.2) is 0 Å². The number of amides is 1. The minimum absolute atomic E-state index is 0.0232. The minimum atomic E-state index is -0.479. The first-order valence-electron chi connectivity index (χ1n) is 6.87. The second kappa shape index (κ2) is 7.07. The van der Waals surface area contributed by atoms with E-state index in [1.54, 1.807) is 18.2 Å². The van der Waals surface area contributed by atoms with Crippen molar-refractivity contribution in [1.29, 1.82) is 0 Å². The summed E-state index contributed by atoms with van der Waals surface area (Å²) in [5, 5.41) is 13.9. The maximum Gasteiger partial charge on any atom is 0.270 e. The number of hydrogen-bond donors (Lipinski definition) is 1. The number of nitro benzene ring substituents is 1. The highest BCUT2D eigenvalue weighted by atomic mass is 35.5. The van der Waals surface area contributed by atoms with Crippen LogP contribution < -0.4 is 5.32 Å². The van der Waals surface area contributed by atoms with Gasteiger partial charge in [0.1, 0.15) is 0 Å². The quantitative estimate of drug-likeness (QED) is 0.509. The summed E-state index contributed by atoms with van der Waals surface area (Å²) in [5.41, 5.74) is 2.99. The lowest BCUT2D eigenvalue weighted by Gasteiger charge is -2.10. The highest BCUT2D eigenvalue weighted by Gasteiger charge is 2.08. The molecule has 0 aromatic heterocycles. The molecule has 0 aliphatic carbocycles. The Morgan fingerprint density at radius 3 is 2.65 bits per heavy atom. The van der Waals surface area contributed by atoms with Gasteiger partial charge < -0.3 is 5.32 Å². The fourth-order valence-corrected chi connectivity index (χ4v) is 2.52. The molecule has 1 N–H and O–H groups in total. The molecule has 0 heterocycles. The van der Waals surface area contributed by atoms with Crippen molar-refractivity contribution in [3.63, 3.8) is 0 Å². The van der Waals surface area contributed by atoms with Crippen LogP contribution in [0.4, 0.5) is 11.4 Å². The van der Waals surface area contributed by atoms with E-state index >= 15 is 0 Å². The predicted molar refractivity (Wildman–Crippen MR) is 91.7 cm³/mol. The zero-order valence-electron chi connectivity index (χ0n) is 12.7. The van der Waals surface area contributed by atoms with E-state index in [-0.39, 0.29) is 11.6 Å². The number of nitro groups is 1. The van der Waals surface area contributed by atoms with Crippen molar-refractivity contribution in [2.75, 3.05) is 5.32 Å². The smallest absolute Gasteiger partial charge is 0.270 e. The largest absolute Gasteiger partial charge is 0.321 e. The standard InChI is InChI=1S/C17H15ClN2O3/c1-11-8-12(2)17(15(18)9-11)19-16(21)7-6-13-4-3-5-14(10-13)20(22)23/h3-10H,1-2H3,(H,19,21). The SMILES string of the molecule is Cc1cc(C)c(NC(=O)C=Cc2cccc([N+](=O)[O-])c2)c(Cl)c1. The molecular weight excluding hydrogens is 316 g/mol. The van der Waals surface area contributed by atoms with Gasteiger partial charge in [0.2, 0.25) is 5.91 Å². The van der Waals surface area contributed by atoms with Crippen LogP contribution in [0.2, 0.25) is 5.02 Å². The van der Waals surface area contributed by atoms with Crippen LogP contribution in [0.25, 0.3) is 6.08 Å². The van der Waals surface area contributed by atoms with Gasteiger partial charge in [-0.1, -0.05) is 29.8 Å². The summed E-state index contributed by atoms with van der Waals surface area (Å²) >= 11 is 6.14. The molecule has 0 atom stereocenters. The summed E-state index contributed by atoms with van der Waals surface area (Å²) in [6, 6.07) is 9.73. The van der Waals surface area contributed by atoms with E-state index in [1.165, 1.54) is 24.3 Å². The molecule has 5 nitrogen and oxygen atoms in total. The first-order chi connectivity index (χ1) is 10.9. The monoisotopic (exact) mass is 330 g/mol. The fraction of sp³-hybridized carbons (Fsp3) is 0.118. The van der Waals surface area contributed by atoms with Crippen molar-refractivity contribution in [2.24, 2.45) is 0 Å². The first-order valence-corrected chi connectivity index (χ1v) is 7.25. The number of hydrogen-bond acceptors (Lipinski definition) is 3. The molecule has 2 rings (SSSR count). The van der Waals surface area contributed by atoms with Gasteiger partial charge in [-0.3, -0.25) is 14.9 Å². The Morgan fingerprint density at radius 2 is 2.00 bits per heavy atom. The Bertz CT molecular complexity index is 777. The summed E-state index contributed by atoms with van der Waals surface area (Å²) in [6.07, 6.45) is 2.83. The number of anilines is 1. The normalized spacial score (nSPS) is 10.7. The Kier molecular flexibility index (Phi) is 5.13. The van der Waals surface area contributed by atoms with Crippen LogP contribution in [0, 0.1) is 24.0 Å². The van der Waals surface area contributed by atoms with E-state index in [1.807, 2.05) is 19.9 Å². The number of nitrogens with zero attached hydrogens (tertiary/aromatic N) is 1. The van der Waals surface area contributed by atoms with Crippen LogP contribution in [0.5, 0.6) is 0 Å². The third kappa shape index (κ3) is 4.40. The molecule has 6 heteroatoms. The van der Waals surface area contributed by atoms with Crippen molar-refractivity contribution < 1.29 is 9.72 Å². The summed E-state index contributed by atoms with van der Waals surface area (Å²) in [4.78, 5) is 22.2. The van der Waals surface area contributed by atoms with Crippen molar-refractivity contribution in [3.05, 3.63) is 74.3 Å². The molecule has 0 saturated heterocycles. The highest BCUT2D eigenvalue weighted by Crippen LogP contribution is 2.27. The Hall–Kier alpha value is -2.66. The number of carbonyl (C=O) groups excluding carboxylic acids is 1. The molecule has 0 spiro atoms. The Balaban J connectivity index is 2.14. The molecule has 0 unspecified atom stereocenters. The van der Waals surface area contributed by atoms with Crippen molar-refractivity contribution in [3.8, 4) is 0 Å². The molecular formula is C17H15ClN2O3. The van der Waals surface area contributed by atoms with Crippen LogP contribution in [-0.4, -0.2) is 10.8 Å². The van der Waals surface area contributed by atoms with E-state index in [4.69, 9.17) is 11.6 Å². The number of halogens is 1. The third-order valence-corrected chi connectivity index (χ3v) is 3.49. The number of non-ortho nitro benzene ring substituents is 1. The van der Waals surface area contributed by atoms with Crippen LogP contribution in [0.15, 0.2) is 42.5 Å². The number of aryl methyl sites for hydroxylation is 2. The lowest BCUT2D eigenvalue weighted by molar-refractivity contribution is -0.384. The van der Waals surface area contributed by atoms with Crippen molar-refractivity contribution in [2.45, 2.75) is 13.8 Å². The molecule has 23 heavy (non-hydrogen) atoms. The summed E-state index contributed by atoms with van der Waals surface area (Å²) < 4.78 is 0. The Labute approximate surface area is 138 Å². The Morgan fingerprint density at radius 1 is 1.26 bits per heavy atom. The van der Waals surface area contributed by atoms with Gasteiger partial charge in [-0.15, -0.1) is 0 Å². The average molecular weight is 331 g/mol. The van der Waals surface area contributed by atoms with Gasteiger partial charge in [-0.05, 0) is 42.7 Å². The molecule has 0 saturated carbocycles. The maximum atomic E-state index is 12.0. The molecule has 118 valence electrons. The zero-order chi connectivity index (χ0) is 17.0. The molecule has 0 aliphatic heterocycles. The van der Waals surface area contributed by atoms with Gasteiger partial charge in [-0.2, -0.15) is 0 Å². The first kappa shape index (κ1) is 16.7. The van der Waals surface area contributed by atoms with Crippen LogP contribution in [0.1, 0.15) is 16.7 Å². The van der Waals surface area contributed by atoms with E-state index < -0.39 is 4.92 Å². The number of benzene rings is 2. The predicted octanol–water partition coefficient (Wildman–Crippen LogP) is 4.52. The lowest BCUT2D eigenvalue weighted by Crippen LogP contribution is -2.09. The molecule has 0 bridgehead atoms. The van der Waals surface area contributed by atoms with Crippen LogP contribution in [0.3, 0.4) is 0 Å². The van der Waals surface area contributed by atoms with E-state index in [9.17, 15) is 14.9 Å². The minimum Gasteiger partial charge on any atom is -0.321 e. The topological polar surface area (TPSA) is 72.2 Å². The van der Waals surface area contributed by atoms with Gasteiger partial charge in [0, 0.05) is 18.2 Å². The van der Waals surface area contributed by atoms with Gasteiger partial charge >= 0.3 is 0 Å². The zero-order valence-corrected chi connectivity index (χ0v) is 13.4. The molecule has 0 fully saturated rings. The van der Waals surface area contributed by atoms with Gasteiger partial charge in [0.15, 0.2) is 0 Å². The second-order valence-electron chi connectivity index (χ2n) is 5.11. The van der Waals surface area contributed by atoms with E-state index in [2.05, 4.69) is 5.32 Å².